The summed E-state index contributed by atoms with van der Waals surface area (Å²) in [5, 5.41) is 11.2. The number of nitrogens with one attached hydrogen (secondary N) is 1. The summed E-state index contributed by atoms with van der Waals surface area (Å²) in [6.07, 6.45) is 0.104. The predicted molar refractivity (Wildman–Crippen MR) is 72.1 cm³/mol. The molecule has 2 rings (SSSR count). The van der Waals surface area contributed by atoms with Crippen LogP contribution in [0.25, 0.3) is 0 Å². The lowest BCUT2D eigenvalue weighted by Gasteiger charge is -2.17. The number of carboxylic acids is 1. The number of hydrogen-bond acceptors (Lipinski definition) is 3. The third-order valence-corrected chi connectivity index (χ3v) is 3.29. The summed E-state index contributed by atoms with van der Waals surface area (Å²) in [5.41, 5.74) is 0.749. The molecule has 1 fully saturated rings. The Balaban J connectivity index is 2.02. The number of anilines is 1. The maximum Gasteiger partial charge on any atom is 0.325 e. The fourth-order valence-electron chi connectivity index (χ4n) is 2.13. The monoisotopic (exact) mass is 276 g/mol. The summed E-state index contributed by atoms with van der Waals surface area (Å²) >= 11 is 0. The van der Waals surface area contributed by atoms with Gasteiger partial charge < -0.3 is 15.3 Å². The van der Waals surface area contributed by atoms with E-state index in [1.54, 1.807) is 17.0 Å². The number of rotatable bonds is 4. The van der Waals surface area contributed by atoms with E-state index in [2.05, 4.69) is 5.32 Å². The molecule has 0 bridgehead atoms. The summed E-state index contributed by atoms with van der Waals surface area (Å²) < 4.78 is 0. The van der Waals surface area contributed by atoms with Crippen molar-refractivity contribution in [1.82, 2.24) is 5.32 Å². The van der Waals surface area contributed by atoms with Gasteiger partial charge in [-0.2, -0.15) is 0 Å². The van der Waals surface area contributed by atoms with Gasteiger partial charge in [0.15, 0.2) is 0 Å². The molecule has 1 aliphatic rings. The molecule has 6 heteroatoms. The zero-order valence-corrected chi connectivity index (χ0v) is 11.1. The van der Waals surface area contributed by atoms with E-state index in [9.17, 15) is 14.4 Å². The van der Waals surface area contributed by atoms with E-state index in [1.807, 2.05) is 18.2 Å². The second-order valence-corrected chi connectivity index (χ2v) is 4.81. The minimum absolute atomic E-state index is 0.104. The molecular weight excluding hydrogens is 260 g/mol. The quantitative estimate of drug-likeness (QED) is 0.844. The van der Waals surface area contributed by atoms with Crippen LogP contribution in [0.5, 0.6) is 0 Å². The van der Waals surface area contributed by atoms with Crippen molar-refractivity contribution in [1.29, 1.82) is 0 Å². The Kier molecular flexibility index (Phi) is 4.02. The first-order chi connectivity index (χ1) is 9.49. The zero-order chi connectivity index (χ0) is 14.7. The molecule has 0 radical (unpaired) electrons. The van der Waals surface area contributed by atoms with E-state index < -0.39 is 23.8 Å². The van der Waals surface area contributed by atoms with Gasteiger partial charge in [-0.05, 0) is 19.1 Å². The number of para-hydroxylation sites is 1. The number of benzene rings is 1. The third-order valence-electron chi connectivity index (χ3n) is 3.29. The fourth-order valence-corrected chi connectivity index (χ4v) is 2.13. The van der Waals surface area contributed by atoms with Gasteiger partial charge in [-0.3, -0.25) is 14.4 Å². The van der Waals surface area contributed by atoms with Crippen molar-refractivity contribution in [3.8, 4) is 0 Å². The number of carbonyl (C=O) groups excluding carboxylic acids is 2. The number of nitrogens with zero attached hydrogens (tertiary/aromatic N) is 1. The first-order valence-corrected chi connectivity index (χ1v) is 6.37. The summed E-state index contributed by atoms with van der Waals surface area (Å²) in [6, 6.07) is 8.15. The number of carboxylic acid groups (broad SMARTS) is 1. The first kappa shape index (κ1) is 14.0. The molecule has 0 saturated carbocycles. The molecule has 1 aromatic carbocycles. The molecule has 0 aliphatic carbocycles. The number of hydrogen-bond donors (Lipinski definition) is 2. The first-order valence-electron chi connectivity index (χ1n) is 6.37. The molecule has 1 heterocycles. The maximum absolute atomic E-state index is 11.9. The van der Waals surface area contributed by atoms with E-state index in [-0.39, 0.29) is 18.9 Å². The average molecular weight is 276 g/mol. The van der Waals surface area contributed by atoms with Crippen LogP contribution >= 0.6 is 0 Å². The Morgan fingerprint density at radius 2 is 2.00 bits per heavy atom. The van der Waals surface area contributed by atoms with Crippen LogP contribution in [0.15, 0.2) is 30.3 Å². The molecule has 1 saturated heterocycles. The highest BCUT2D eigenvalue weighted by atomic mass is 16.4. The minimum Gasteiger partial charge on any atom is -0.480 e. The molecule has 2 N–H and O–H groups in total. The number of carbonyl (C=O) groups is 3. The molecule has 0 aromatic heterocycles. The predicted octanol–water partition coefficient (Wildman–Crippen LogP) is 0.629. The molecule has 6 nitrogen and oxygen atoms in total. The van der Waals surface area contributed by atoms with Crippen molar-refractivity contribution in [2.24, 2.45) is 5.92 Å². The van der Waals surface area contributed by atoms with E-state index in [4.69, 9.17) is 5.11 Å². The molecule has 1 aliphatic heterocycles. The molecule has 0 spiro atoms. The topological polar surface area (TPSA) is 86.7 Å². The van der Waals surface area contributed by atoms with Crippen LogP contribution in [0.3, 0.4) is 0 Å². The average Bonchev–Trinajstić information content (AvgIpc) is 2.81. The van der Waals surface area contributed by atoms with Crippen LogP contribution < -0.4 is 10.2 Å². The summed E-state index contributed by atoms with van der Waals surface area (Å²) in [5.74, 6) is -2.13. The van der Waals surface area contributed by atoms with Crippen LogP contribution in [-0.4, -0.2) is 35.5 Å². The standard InChI is InChI=1S/C14H16N2O4/c1-9(14(19)20)15-13(18)10-7-12(17)16(8-10)11-5-3-2-4-6-11/h2-6,9-10H,7-8H2,1H3,(H,15,18)(H,19,20)/t9-,10+/m1/s1. The molecule has 0 unspecified atom stereocenters. The Hall–Kier alpha value is -2.37. The van der Waals surface area contributed by atoms with Gasteiger partial charge in [-0.1, -0.05) is 18.2 Å². The van der Waals surface area contributed by atoms with Crippen molar-refractivity contribution in [2.45, 2.75) is 19.4 Å². The van der Waals surface area contributed by atoms with E-state index in [0.717, 1.165) is 5.69 Å². The molecule has 106 valence electrons. The largest absolute Gasteiger partial charge is 0.480 e. The second kappa shape index (κ2) is 5.73. The highest BCUT2D eigenvalue weighted by Gasteiger charge is 2.35. The molecule has 20 heavy (non-hydrogen) atoms. The Labute approximate surface area is 116 Å². The van der Waals surface area contributed by atoms with Crippen LogP contribution in [0, 0.1) is 5.92 Å². The Morgan fingerprint density at radius 1 is 1.35 bits per heavy atom. The van der Waals surface area contributed by atoms with Gasteiger partial charge in [-0.25, -0.2) is 0 Å². The van der Waals surface area contributed by atoms with Crippen molar-refractivity contribution >= 4 is 23.5 Å². The number of aliphatic carboxylic acids is 1. The van der Waals surface area contributed by atoms with Gasteiger partial charge >= 0.3 is 5.97 Å². The Morgan fingerprint density at radius 3 is 2.60 bits per heavy atom. The van der Waals surface area contributed by atoms with E-state index in [0.29, 0.717) is 0 Å². The summed E-state index contributed by atoms with van der Waals surface area (Å²) in [7, 11) is 0. The van der Waals surface area contributed by atoms with Crippen molar-refractivity contribution in [3.63, 3.8) is 0 Å². The van der Waals surface area contributed by atoms with Gasteiger partial charge in [0.25, 0.3) is 0 Å². The van der Waals surface area contributed by atoms with E-state index >= 15 is 0 Å². The van der Waals surface area contributed by atoms with Gasteiger partial charge in [-0.15, -0.1) is 0 Å². The highest BCUT2D eigenvalue weighted by molar-refractivity contribution is 6.00. The normalized spacial score (nSPS) is 19.8. The lowest BCUT2D eigenvalue weighted by Crippen LogP contribution is -2.42. The molecular formula is C14H16N2O4. The molecule has 2 atom stereocenters. The number of amides is 2. The fraction of sp³-hybridized carbons (Fsp3) is 0.357. The van der Waals surface area contributed by atoms with E-state index in [1.165, 1.54) is 6.92 Å². The minimum atomic E-state index is -1.09. The molecule has 1 aromatic rings. The summed E-state index contributed by atoms with van der Waals surface area (Å²) in [6.45, 7) is 1.67. The van der Waals surface area contributed by atoms with Crippen LogP contribution in [-0.2, 0) is 14.4 Å². The molecule has 2 amide bonds. The van der Waals surface area contributed by atoms with Crippen LogP contribution in [0.4, 0.5) is 5.69 Å². The van der Waals surface area contributed by atoms with Gasteiger partial charge in [0, 0.05) is 18.7 Å². The smallest absolute Gasteiger partial charge is 0.325 e. The van der Waals surface area contributed by atoms with Crippen LogP contribution in [0.1, 0.15) is 13.3 Å². The maximum atomic E-state index is 11.9. The highest BCUT2D eigenvalue weighted by Crippen LogP contribution is 2.24. The van der Waals surface area contributed by atoms with Crippen molar-refractivity contribution < 1.29 is 19.5 Å². The van der Waals surface area contributed by atoms with Gasteiger partial charge in [0.1, 0.15) is 6.04 Å². The second-order valence-electron chi connectivity index (χ2n) is 4.81. The van der Waals surface area contributed by atoms with Gasteiger partial charge in [0.2, 0.25) is 11.8 Å². The van der Waals surface area contributed by atoms with Gasteiger partial charge in [0.05, 0.1) is 5.92 Å². The lowest BCUT2D eigenvalue weighted by molar-refractivity contribution is -0.141. The Bertz CT molecular complexity index is 529. The van der Waals surface area contributed by atoms with Crippen molar-refractivity contribution in [3.05, 3.63) is 30.3 Å². The summed E-state index contributed by atoms with van der Waals surface area (Å²) in [4.78, 5) is 36.1. The SMILES string of the molecule is C[C@@H](NC(=O)[C@H]1CC(=O)N(c2ccccc2)C1)C(=O)O. The van der Waals surface area contributed by atoms with Crippen LogP contribution in [0.2, 0.25) is 0 Å². The zero-order valence-electron chi connectivity index (χ0n) is 11.1. The third kappa shape index (κ3) is 2.96. The lowest BCUT2D eigenvalue weighted by atomic mass is 10.1. The van der Waals surface area contributed by atoms with Crippen molar-refractivity contribution in [2.75, 3.05) is 11.4 Å².